The molecule has 0 unspecified atom stereocenters. The van der Waals surface area contributed by atoms with Crippen molar-refractivity contribution >= 4 is 33.3 Å². The van der Waals surface area contributed by atoms with Crippen molar-refractivity contribution in [1.29, 1.82) is 0 Å². The van der Waals surface area contributed by atoms with Crippen LogP contribution in [-0.4, -0.2) is 26.1 Å². The zero-order valence-electron chi connectivity index (χ0n) is 16.0. The molecule has 3 aromatic rings. The number of halogens is 4. The van der Waals surface area contributed by atoms with Crippen LogP contribution in [0, 0.1) is 17.5 Å². The zero-order chi connectivity index (χ0) is 23.2. The Morgan fingerprint density at radius 1 is 1.03 bits per heavy atom. The summed E-state index contributed by atoms with van der Waals surface area (Å²) in [7, 11) is -4.74. The predicted molar refractivity (Wildman–Crippen MR) is 110 cm³/mol. The summed E-state index contributed by atoms with van der Waals surface area (Å²) in [6.07, 6.45) is 0.0973. The summed E-state index contributed by atoms with van der Waals surface area (Å²) >= 11 is 5.86. The van der Waals surface area contributed by atoms with Gasteiger partial charge in [-0.15, -0.1) is 0 Å². The van der Waals surface area contributed by atoms with Gasteiger partial charge < -0.3 is 9.84 Å². The van der Waals surface area contributed by atoms with Crippen LogP contribution in [0.1, 0.15) is 15.9 Å². The molecule has 1 aliphatic heterocycles. The summed E-state index contributed by atoms with van der Waals surface area (Å²) in [6, 6.07) is 7.21. The van der Waals surface area contributed by atoms with Crippen molar-refractivity contribution < 1.29 is 36.2 Å². The van der Waals surface area contributed by atoms with Gasteiger partial charge in [0.2, 0.25) is 0 Å². The van der Waals surface area contributed by atoms with E-state index in [9.17, 15) is 31.5 Å². The number of phenolic OH excluding ortho intramolecular Hbond substituents is 1. The first-order valence-electron chi connectivity index (χ1n) is 9.07. The van der Waals surface area contributed by atoms with Gasteiger partial charge in [0.15, 0.2) is 17.4 Å². The van der Waals surface area contributed by atoms with E-state index in [1.54, 1.807) is 0 Å². The summed E-state index contributed by atoms with van der Waals surface area (Å²) < 4.78 is 75.4. The Morgan fingerprint density at radius 2 is 1.78 bits per heavy atom. The number of nitrogens with one attached hydrogen (secondary N) is 1. The Kier molecular flexibility index (Phi) is 5.51. The lowest BCUT2D eigenvalue weighted by Gasteiger charge is -2.16. The van der Waals surface area contributed by atoms with Crippen LogP contribution in [0.25, 0.3) is 11.1 Å². The molecule has 0 aromatic heterocycles. The fourth-order valence-corrected chi connectivity index (χ4v) is 4.76. The van der Waals surface area contributed by atoms with Crippen molar-refractivity contribution in [1.82, 2.24) is 0 Å². The Labute approximate surface area is 185 Å². The van der Waals surface area contributed by atoms with Gasteiger partial charge in [0.25, 0.3) is 10.0 Å². The number of benzene rings is 3. The van der Waals surface area contributed by atoms with E-state index in [1.165, 1.54) is 6.07 Å². The highest BCUT2D eigenvalue weighted by Crippen LogP contribution is 2.36. The number of carbonyl (C=O) groups is 1. The van der Waals surface area contributed by atoms with E-state index >= 15 is 0 Å². The standard InChI is InChI=1S/C21H13ClF3NO5S/c22-15-5-12-8-18(20(15)27)32(29,30)26-17-7-11(6-16(24)19(17)25)14-9-13(23)2-1-10(14)3-4-31-21(12)28/h1-2,5-9,26-27H,3-4H2. The number of fused-ring (bicyclic) bond motifs is 6. The molecule has 3 aromatic carbocycles. The van der Waals surface area contributed by atoms with Crippen molar-refractivity contribution in [3.63, 3.8) is 0 Å². The van der Waals surface area contributed by atoms with Crippen molar-refractivity contribution in [2.75, 3.05) is 11.3 Å². The molecule has 0 saturated carbocycles. The number of hydrogen-bond acceptors (Lipinski definition) is 5. The first kappa shape index (κ1) is 22.0. The Hall–Kier alpha value is -3.24. The fraction of sp³-hybridized carbons (Fsp3) is 0.0952. The number of aromatic hydroxyl groups is 1. The average molecular weight is 484 g/mol. The largest absolute Gasteiger partial charge is 0.505 e. The fourth-order valence-electron chi connectivity index (χ4n) is 3.29. The lowest BCUT2D eigenvalue weighted by atomic mass is 9.97. The number of esters is 1. The van der Waals surface area contributed by atoms with E-state index in [4.69, 9.17) is 16.3 Å². The molecule has 11 heteroatoms. The van der Waals surface area contributed by atoms with Crippen LogP contribution < -0.4 is 4.72 Å². The normalized spacial score (nSPS) is 15.2. The Balaban J connectivity index is 1.98. The Bertz CT molecular complexity index is 1380. The molecule has 1 heterocycles. The first-order chi connectivity index (χ1) is 15.1. The van der Waals surface area contributed by atoms with Crippen LogP contribution in [0.3, 0.4) is 0 Å². The van der Waals surface area contributed by atoms with Crippen molar-refractivity contribution in [3.05, 3.63) is 76.1 Å². The van der Waals surface area contributed by atoms with Crippen LogP contribution in [0.2, 0.25) is 5.02 Å². The molecule has 0 atom stereocenters. The number of cyclic esters (lactones) is 1. The highest BCUT2D eigenvalue weighted by Gasteiger charge is 2.27. The molecule has 0 radical (unpaired) electrons. The molecule has 0 saturated heterocycles. The third-order valence-electron chi connectivity index (χ3n) is 4.81. The second-order valence-corrected chi connectivity index (χ2v) is 8.98. The van der Waals surface area contributed by atoms with Crippen molar-refractivity contribution in [2.24, 2.45) is 0 Å². The molecule has 0 aliphatic carbocycles. The summed E-state index contributed by atoms with van der Waals surface area (Å²) in [6.45, 7) is -0.188. The third-order valence-corrected chi connectivity index (χ3v) is 6.48. The van der Waals surface area contributed by atoms with Gasteiger partial charge in [0.1, 0.15) is 10.7 Å². The molecule has 0 fully saturated rings. The average Bonchev–Trinajstić information content (AvgIpc) is 2.73. The maximum Gasteiger partial charge on any atom is 0.338 e. The van der Waals surface area contributed by atoms with Crippen LogP contribution in [0.5, 0.6) is 5.75 Å². The van der Waals surface area contributed by atoms with E-state index in [0.717, 1.165) is 36.4 Å². The minimum atomic E-state index is -4.74. The lowest BCUT2D eigenvalue weighted by Crippen LogP contribution is -2.17. The van der Waals surface area contributed by atoms with Crippen LogP contribution in [0.15, 0.2) is 47.4 Å². The van der Waals surface area contributed by atoms with Gasteiger partial charge in [-0.1, -0.05) is 17.7 Å². The smallest absolute Gasteiger partial charge is 0.338 e. The minimum Gasteiger partial charge on any atom is -0.505 e. The number of ether oxygens (including phenoxy) is 1. The van der Waals surface area contributed by atoms with Gasteiger partial charge in [0.05, 0.1) is 22.9 Å². The molecule has 4 rings (SSSR count). The SMILES string of the molecule is O=C1OCCc2ccc(F)cc2-c2cc(F)c(F)c(c2)NS(=O)(=O)c2cc1cc(Cl)c2O. The molecular formula is C21H13ClF3NO5S. The molecule has 166 valence electrons. The molecule has 0 amide bonds. The van der Waals surface area contributed by atoms with Crippen LogP contribution in [0.4, 0.5) is 18.9 Å². The molecule has 0 spiro atoms. The molecule has 4 bridgehead atoms. The van der Waals surface area contributed by atoms with Crippen molar-refractivity contribution in [3.8, 4) is 16.9 Å². The van der Waals surface area contributed by atoms with E-state index in [-0.39, 0.29) is 29.7 Å². The number of sulfonamides is 1. The predicted octanol–water partition coefficient (Wildman–Crippen LogP) is 4.64. The van der Waals surface area contributed by atoms with Crippen LogP contribution >= 0.6 is 11.6 Å². The summed E-state index contributed by atoms with van der Waals surface area (Å²) in [4.78, 5) is 11.6. The topological polar surface area (TPSA) is 92.7 Å². The highest BCUT2D eigenvalue weighted by molar-refractivity contribution is 7.92. The number of carbonyl (C=O) groups excluding carboxylic acids is 1. The lowest BCUT2D eigenvalue weighted by molar-refractivity contribution is 0.0509. The maximum absolute atomic E-state index is 14.5. The Morgan fingerprint density at radius 3 is 2.53 bits per heavy atom. The van der Waals surface area contributed by atoms with Crippen LogP contribution in [-0.2, 0) is 21.2 Å². The van der Waals surface area contributed by atoms with E-state index in [0.29, 0.717) is 5.56 Å². The number of rotatable bonds is 0. The second kappa shape index (κ2) is 8.03. The number of hydrogen-bond donors (Lipinski definition) is 2. The highest BCUT2D eigenvalue weighted by atomic mass is 35.5. The van der Waals surface area contributed by atoms with Gasteiger partial charge in [-0.05, 0) is 53.1 Å². The van der Waals surface area contributed by atoms with Gasteiger partial charge >= 0.3 is 5.97 Å². The van der Waals surface area contributed by atoms with E-state index in [2.05, 4.69) is 0 Å². The molecular weight excluding hydrogens is 471 g/mol. The molecule has 1 aliphatic rings. The van der Waals surface area contributed by atoms with Gasteiger partial charge in [-0.3, -0.25) is 4.72 Å². The summed E-state index contributed by atoms with van der Waals surface area (Å²) in [5.41, 5.74) is -0.487. The quantitative estimate of drug-likeness (QED) is 0.454. The molecule has 2 N–H and O–H groups in total. The summed E-state index contributed by atoms with van der Waals surface area (Å²) in [5, 5.41) is 9.67. The van der Waals surface area contributed by atoms with E-state index in [1.807, 2.05) is 4.72 Å². The summed E-state index contributed by atoms with van der Waals surface area (Å²) in [5.74, 6) is -5.39. The van der Waals surface area contributed by atoms with Gasteiger partial charge in [0, 0.05) is 6.42 Å². The molecule has 6 nitrogen and oxygen atoms in total. The first-order valence-corrected chi connectivity index (χ1v) is 10.9. The second-order valence-electron chi connectivity index (χ2n) is 6.92. The molecule has 32 heavy (non-hydrogen) atoms. The number of anilines is 1. The van der Waals surface area contributed by atoms with Crippen molar-refractivity contribution in [2.45, 2.75) is 11.3 Å². The maximum atomic E-state index is 14.5. The zero-order valence-corrected chi connectivity index (χ0v) is 17.5. The van der Waals surface area contributed by atoms with Gasteiger partial charge in [-0.25, -0.2) is 26.4 Å². The monoisotopic (exact) mass is 483 g/mol. The minimum absolute atomic E-state index is 0.0181. The van der Waals surface area contributed by atoms with Gasteiger partial charge in [-0.2, -0.15) is 0 Å². The third kappa shape index (κ3) is 3.98. The van der Waals surface area contributed by atoms with E-state index < -0.39 is 54.8 Å². The number of phenols is 1.